The number of hydrogen-bond donors (Lipinski definition) is 1. The third-order valence-corrected chi connectivity index (χ3v) is 1.51. The number of aliphatic hydroxyl groups excluding tert-OH is 1. The molecular formula is C10H18O. The Hall–Kier alpha value is -0.480. The molecule has 0 spiro atoms. The summed E-state index contributed by atoms with van der Waals surface area (Å²) in [6, 6.07) is 0. The van der Waals surface area contributed by atoms with Crippen LogP contribution in [0.3, 0.4) is 0 Å². The Balaban J connectivity index is 2.90. The first kappa shape index (κ1) is 10.5. The minimum absolute atomic E-state index is 0.334. The lowest BCUT2D eigenvalue weighted by Gasteiger charge is -1.93. The molecule has 0 aromatic carbocycles. The Morgan fingerprint density at radius 3 is 2.36 bits per heavy atom. The van der Waals surface area contributed by atoms with Crippen molar-refractivity contribution in [2.75, 3.05) is 6.61 Å². The first-order chi connectivity index (χ1) is 5.41. The third-order valence-electron chi connectivity index (χ3n) is 1.51. The average molecular weight is 154 g/mol. The summed E-state index contributed by atoms with van der Waals surface area (Å²) in [5.74, 6) is 6.14. The van der Waals surface area contributed by atoms with Crippen LogP contribution in [0.25, 0.3) is 0 Å². The van der Waals surface area contributed by atoms with E-state index in [1.807, 2.05) is 0 Å². The van der Waals surface area contributed by atoms with Crippen molar-refractivity contribution >= 4 is 0 Å². The Morgan fingerprint density at radius 1 is 1.00 bits per heavy atom. The maximum atomic E-state index is 8.48. The average Bonchev–Trinajstić information content (AvgIpc) is 2.03. The monoisotopic (exact) mass is 154 g/mol. The van der Waals surface area contributed by atoms with E-state index in [4.69, 9.17) is 5.11 Å². The maximum Gasteiger partial charge on any atom is 0.0431 e. The maximum absolute atomic E-state index is 8.48. The summed E-state index contributed by atoms with van der Waals surface area (Å²) < 4.78 is 0. The van der Waals surface area contributed by atoms with Crippen molar-refractivity contribution in [2.24, 2.45) is 0 Å². The van der Waals surface area contributed by atoms with Crippen LogP contribution in [0.5, 0.6) is 0 Å². The lowest BCUT2D eigenvalue weighted by molar-refractivity contribution is 0.282. The summed E-state index contributed by atoms with van der Waals surface area (Å²) in [5.41, 5.74) is 0. The summed E-state index contributed by atoms with van der Waals surface area (Å²) in [4.78, 5) is 0. The molecule has 0 rings (SSSR count). The first-order valence-electron chi connectivity index (χ1n) is 4.48. The van der Waals surface area contributed by atoms with Gasteiger partial charge in [0.2, 0.25) is 0 Å². The predicted molar refractivity (Wildman–Crippen MR) is 48.2 cm³/mol. The van der Waals surface area contributed by atoms with Crippen molar-refractivity contribution in [3.63, 3.8) is 0 Å². The third kappa shape index (κ3) is 9.52. The topological polar surface area (TPSA) is 20.2 Å². The molecule has 11 heavy (non-hydrogen) atoms. The van der Waals surface area contributed by atoms with Crippen LogP contribution in [0.2, 0.25) is 0 Å². The number of unbranched alkanes of at least 4 members (excludes halogenated alkanes) is 4. The van der Waals surface area contributed by atoms with E-state index in [1.165, 1.54) is 12.8 Å². The van der Waals surface area contributed by atoms with E-state index in [-0.39, 0.29) is 0 Å². The molecule has 64 valence electrons. The van der Waals surface area contributed by atoms with Crippen LogP contribution in [0, 0.1) is 11.8 Å². The second-order valence-electron chi connectivity index (χ2n) is 2.59. The normalized spacial score (nSPS) is 8.91. The van der Waals surface area contributed by atoms with Crippen molar-refractivity contribution in [1.29, 1.82) is 0 Å². The van der Waals surface area contributed by atoms with Crippen molar-refractivity contribution in [3.05, 3.63) is 0 Å². The zero-order valence-electron chi connectivity index (χ0n) is 7.40. The number of aliphatic hydroxyl groups is 1. The molecule has 0 bridgehead atoms. The van der Waals surface area contributed by atoms with Gasteiger partial charge in [-0.15, -0.1) is 11.8 Å². The molecule has 0 heterocycles. The molecule has 0 aromatic rings. The van der Waals surface area contributed by atoms with E-state index in [2.05, 4.69) is 18.8 Å². The molecule has 0 fully saturated rings. The van der Waals surface area contributed by atoms with Crippen LogP contribution >= 0.6 is 0 Å². The molecule has 1 heteroatoms. The minimum atomic E-state index is 0.334. The summed E-state index contributed by atoms with van der Waals surface area (Å²) in [5, 5.41) is 8.48. The molecule has 0 radical (unpaired) electrons. The minimum Gasteiger partial charge on any atom is -0.396 e. The zero-order valence-corrected chi connectivity index (χ0v) is 7.40. The van der Waals surface area contributed by atoms with Gasteiger partial charge in [-0.2, -0.15) is 0 Å². The van der Waals surface area contributed by atoms with Gasteiger partial charge in [-0.1, -0.05) is 19.8 Å². The van der Waals surface area contributed by atoms with E-state index in [9.17, 15) is 0 Å². The van der Waals surface area contributed by atoms with Gasteiger partial charge in [0.15, 0.2) is 0 Å². The van der Waals surface area contributed by atoms with Gasteiger partial charge in [-0.05, 0) is 12.8 Å². The van der Waals surface area contributed by atoms with Gasteiger partial charge >= 0.3 is 0 Å². The molecule has 0 aromatic heterocycles. The highest BCUT2D eigenvalue weighted by Crippen LogP contribution is 2.01. The fourth-order valence-corrected chi connectivity index (χ4v) is 0.892. The van der Waals surface area contributed by atoms with Crippen molar-refractivity contribution in [3.8, 4) is 11.8 Å². The van der Waals surface area contributed by atoms with E-state index in [1.54, 1.807) is 0 Å². The standard InChI is InChI=1S/C10H18O/c1-2-3-4-5-6-7-8-9-10-11/h11H,2,5-10H2,1H3. The highest BCUT2D eigenvalue weighted by molar-refractivity contribution is 4.97. The summed E-state index contributed by atoms with van der Waals surface area (Å²) in [6.45, 7) is 2.40. The Bertz CT molecular complexity index is 119. The molecule has 1 nitrogen and oxygen atoms in total. The van der Waals surface area contributed by atoms with Gasteiger partial charge < -0.3 is 5.11 Å². The van der Waals surface area contributed by atoms with Crippen LogP contribution in [0.15, 0.2) is 0 Å². The van der Waals surface area contributed by atoms with Gasteiger partial charge in [-0.3, -0.25) is 0 Å². The smallest absolute Gasteiger partial charge is 0.0431 e. The lowest BCUT2D eigenvalue weighted by Crippen LogP contribution is -1.82. The Labute approximate surface area is 69.8 Å². The van der Waals surface area contributed by atoms with E-state index >= 15 is 0 Å². The van der Waals surface area contributed by atoms with Crippen molar-refractivity contribution in [1.82, 2.24) is 0 Å². The second-order valence-corrected chi connectivity index (χ2v) is 2.59. The number of hydrogen-bond acceptors (Lipinski definition) is 1. The summed E-state index contributed by atoms with van der Waals surface area (Å²) in [6.07, 6.45) is 6.48. The molecule has 1 N–H and O–H groups in total. The fourth-order valence-electron chi connectivity index (χ4n) is 0.892. The van der Waals surface area contributed by atoms with Crippen molar-refractivity contribution in [2.45, 2.75) is 45.4 Å². The molecule has 0 saturated carbocycles. The molecule has 0 unspecified atom stereocenters. The van der Waals surface area contributed by atoms with Gasteiger partial charge in [0, 0.05) is 19.4 Å². The molecule has 0 aliphatic carbocycles. The Kier molecular flexibility index (Phi) is 9.10. The fraction of sp³-hybridized carbons (Fsp3) is 0.800. The van der Waals surface area contributed by atoms with Crippen LogP contribution in [0.4, 0.5) is 0 Å². The van der Waals surface area contributed by atoms with Crippen LogP contribution in [-0.2, 0) is 0 Å². The van der Waals surface area contributed by atoms with Gasteiger partial charge in [0.1, 0.15) is 0 Å². The quantitative estimate of drug-likeness (QED) is 0.476. The van der Waals surface area contributed by atoms with E-state index in [0.29, 0.717) is 6.61 Å². The largest absolute Gasteiger partial charge is 0.396 e. The summed E-state index contributed by atoms with van der Waals surface area (Å²) >= 11 is 0. The molecule has 0 aliphatic rings. The van der Waals surface area contributed by atoms with Crippen LogP contribution in [-0.4, -0.2) is 11.7 Å². The van der Waals surface area contributed by atoms with Crippen LogP contribution in [0.1, 0.15) is 45.4 Å². The van der Waals surface area contributed by atoms with Gasteiger partial charge in [0.25, 0.3) is 0 Å². The molecule has 0 aliphatic heterocycles. The lowest BCUT2D eigenvalue weighted by atomic mass is 10.1. The van der Waals surface area contributed by atoms with Crippen LogP contribution < -0.4 is 0 Å². The highest BCUT2D eigenvalue weighted by Gasteiger charge is 1.85. The van der Waals surface area contributed by atoms with E-state index in [0.717, 1.165) is 25.7 Å². The summed E-state index contributed by atoms with van der Waals surface area (Å²) in [7, 11) is 0. The molecular weight excluding hydrogens is 136 g/mol. The predicted octanol–water partition coefficient (Wildman–Crippen LogP) is 2.34. The second kappa shape index (κ2) is 9.52. The van der Waals surface area contributed by atoms with Gasteiger partial charge in [-0.25, -0.2) is 0 Å². The van der Waals surface area contributed by atoms with Crippen molar-refractivity contribution < 1.29 is 5.11 Å². The van der Waals surface area contributed by atoms with E-state index < -0.39 is 0 Å². The SMILES string of the molecule is CCC#CCCCCCCO. The Morgan fingerprint density at radius 2 is 1.73 bits per heavy atom. The van der Waals surface area contributed by atoms with Gasteiger partial charge in [0.05, 0.1) is 0 Å². The highest BCUT2D eigenvalue weighted by atomic mass is 16.2. The molecule has 0 saturated heterocycles. The zero-order chi connectivity index (χ0) is 8.36. The first-order valence-corrected chi connectivity index (χ1v) is 4.48. The molecule has 0 amide bonds. The molecule has 0 atom stereocenters. The number of rotatable bonds is 5.